The molecule has 1 spiro atoms. The number of hydrogen-bond acceptors (Lipinski definition) is 5. The van der Waals surface area contributed by atoms with Gasteiger partial charge in [0, 0.05) is 50.7 Å². The molecule has 0 aliphatic carbocycles. The number of nitrogens with zero attached hydrogens (tertiary/aromatic N) is 4. The Kier molecular flexibility index (Phi) is 4.56. The molecule has 2 amide bonds. The van der Waals surface area contributed by atoms with Crippen molar-refractivity contribution in [1.82, 2.24) is 19.7 Å². The van der Waals surface area contributed by atoms with E-state index in [0.29, 0.717) is 18.2 Å². The summed E-state index contributed by atoms with van der Waals surface area (Å²) in [7, 11) is 1.80. The zero-order valence-electron chi connectivity index (χ0n) is 15.3. The molecule has 3 aliphatic rings. The van der Waals surface area contributed by atoms with Gasteiger partial charge >= 0.3 is 6.09 Å². The second-order valence-corrected chi connectivity index (χ2v) is 7.74. The Bertz CT molecular complexity index is 675. The van der Waals surface area contributed by atoms with E-state index in [2.05, 4.69) is 9.88 Å². The van der Waals surface area contributed by atoms with Crippen LogP contribution in [-0.2, 0) is 4.74 Å². The maximum Gasteiger partial charge on any atom is 0.410 e. The second kappa shape index (κ2) is 6.87. The monoisotopic (exact) mass is 358 g/mol. The van der Waals surface area contributed by atoms with Gasteiger partial charge in [-0.1, -0.05) is 0 Å². The van der Waals surface area contributed by atoms with E-state index < -0.39 is 0 Å². The van der Waals surface area contributed by atoms with E-state index >= 15 is 0 Å². The van der Waals surface area contributed by atoms with Gasteiger partial charge in [-0.15, -0.1) is 0 Å². The van der Waals surface area contributed by atoms with Crippen LogP contribution in [0.15, 0.2) is 24.5 Å². The summed E-state index contributed by atoms with van der Waals surface area (Å²) in [6.07, 6.45) is 7.05. The van der Waals surface area contributed by atoms with E-state index in [-0.39, 0.29) is 17.6 Å². The van der Waals surface area contributed by atoms with E-state index in [0.717, 1.165) is 51.9 Å². The topological polar surface area (TPSA) is 66.0 Å². The number of likely N-dealkylation sites (tertiary alicyclic amines) is 2. The zero-order valence-corrected chi connectivity index (χ0v) is 15.3. The number of hydrogen-bond donors (Lipinski definition) is 0. The summed E-state index contributed by atoms with van der Waals surface area (Å²) >= 11 is 0. The first-order chi connectivity index (χ1) is 12.6. The predicted molar refractivity (Wildman–Crippen MR) is 95.8 cm³/mol. The van der Waals surface area contributed by atoms with Gasteiger partial charge in [0.2, 0.25) is 0 Å². The first-order valence-corrected chi connectivity index (χ1v) is 9.44. The first kappa shape index (κ1) is 17.3. The SMILES string of the molecule is CN1C[C@@]2(CCCN(C3CCN(C(=O)c4ccncc4)CC3)C2)OC1=O. The van der Waals surface area contributed by atoms with Gasteiger partial charge < -0.3 is 14.5 Å². The Morgan fingerprint density at radius 2 is 1.92 bits per heavy atom. The molecule has 0 radical (unpaired) electrons. The molecule has 7 nitrogen and oxygen atoms in total. The molecule has 0 unspecified atom stereocenters. The average molecular weight is 358 g/mol. The lowest BCUT2D eigenvalue weighted by atomic mass is 9.90. The minimum absolute atomic E-state index is 0.0901. The van der Waals surface area contributed by atoms with Gasteiger partial charge in [0.05, 0.1) is 6.54 Å². The van der Waals surface area contributed by atoms with Crippen molar-refractivity contribution in [3.63, 3.8) is 0 Å². The van der Waals surface area contributed by atoms with Crippen molar-refractivity contribution in [2.75, 3.05) is 39.8 Å². The van der Waals surface area contributed by atoms with Gasteiger partial charge in [-0.05, 0) is 44.4 Å². The highest BCUT2D eigenvalue weighted by atomic mass is 16.6. The standard InChI is InChI=1S/C19H26N4O3/c1-21-13-19(26-18(21)25)7-2-10-23(14-19)16-5-11-22(12-6-16)17(24)15-3-8-20-9-4-15/h3-4,8-9,16H,2,5-7,10-14H2,1H3/t19-/m1/s1. The Balaban J connectivity index is 1.35. The summed E-state index contributed by atoms with van der Waals surface area (Å²) < 4.78 is 5.72. The zero-order chi connectivity index (χ0) is 18.1. The molecular weight excluding hydrogens is 332 g/mol. The fourth-order valence-electron chi connectivity index (χ4n) is 4.56. The fraction of sp³-hybridized carbons (Fsp3) is 0.632. The number of likely N-dealkylation sites (N-methyl/N-ethyl adjacent to an activating group) is 1. The molecule has 3 fully saturated rings. The fourth-order valence-corrected chi connectivity index (χ4v) is 4.56. The van der Waals surface area contributed by atoms with Crippen LogP contribution in [0.4, 0.5) is 4.79 Å². The van der Waals surface area contributed by atoms with Gasteiger partial charge in [0.15, 0.2) is 0 Å². The van der Waals surface area contributed by atoms with Crippen LogP contribution in [-0.4, -0.2) is 83.1 Å². The number of ether oxygens (including phenoxy) is 1. The van der Waals surface area contributed by atoms with Crippen LogP contribution < -0.4 is 0 Å². The van der Waals surface area contributed by atoms with E-state index in [9.17, 15) is 9.59 Å². The highest BCUT2D eigenvalue weighted by molar-refractivity contribution is 5.94. The highest BCUT2D eigenvalue weighted by Gasteiger charge is 2.47. The van der Waals surface area contributed by atoms with Crippen LogP contribution in [0.5, 0.6) is 0 Å². The number of amides is 2. The largest absolute Gasteiger partial charge is 0.440 e. The molecule has 0 aromatic carbocycles. The summed E-state index contributed by atoms with van der Waals surface area (Å²) in [6, 6.07) is 4.00. The van der Waals surface area contributed by atoms with Crippen molar-refractivity contribution in [3.8, 4) is 0 Å². The number of piperidine rings is 2. The lowest BCUT2D eigenvalue weighted by molar-refractivity contribution is -0.0313. The molecule has 1 aromatic heterocycles. The van der Waals surface area contributed by atoms with Gasteiger partial charge in [-0.3, -0.25) is 14.7 Å². The summed E-state index contributed by atoms with van der Waals surface area (Å²) in [5.74, 6) is 0.0901. The summed E-state index contributed by atoms with van der Waals surface area (Å²) in [5, 5.41) is 0. The van der Waals surface area contributed by atoms with Gasteiger partial charge in [-0.25, -0.2) is 4.79 Å². The number of carbonyl (C=O) groups excluding carboxylic acids is 2. The van der Waals surface area contributed by atoms with Gasteiger partial charge in [0.1, 0.15) is 5.60 Å². The van der Waals surface area contributed by atoms with Crippen molar-refractivity contribution >= 4 is 12.0 Å². The smallest absolute Gasteiger partial charge is 0.410 e. The van der Waals surface area contributed by atoms with Crippen molar-refractivity contribution in [1.29, 1.82) is 0 Å². The lowest BCUT2D eigenvalue weighted by Crippen LogP contribution is -2.56. The minimum Gasteiger partial charge on any atom is -0.440 e. The van der Waals surface area contributed by atoms with Crippen molar-refractivity contribution in [3.05, 3.63) is 30.1 Å². The molecule has 0 N–H and O–H groups in total. The van der Waals surface area contributed by atoms with E-state index in [1.54, 1.807) is 36.5 Å². The number of carbonyl (C=O) groups is 2. The average Bonchev–Trinajstić information content (AvgIpc) is 2.94. The third-order valence-electron chi connectivity index (χ3n) is 5.91. The lowest BCUT2D eigenvalue weighted by Gasteiger charge is -2.45. The molecule has 7 heteroatoms. The number of rotatable bonds is 2. The third-order valence-corrected chi connectivity index (χ3v) is 5.91. The number of pyridine rings is 1. The van der Waals surface area contributed by atoms with Crippen LogP contribution >= 0.6 is 0 Å². The Labute approximate surface area is 153 Å². The molecule has 4 heterocycles. The molecule has 4 rings (SSSR count). The van der Waals surface area contributed by atoms with Gasteiger partial charge in [-0.2, -0.15) is 0 Å². The van der Waals surface area contributed by atoms with E-state index in [1.807, 2.05) is 4.90 Å². The normalized spacial score (nSPS) is 27.8. The van der Waals surface area contributed by atoms with Crippen LogP contribution in [0.1, 0.15) is 36.0 Å². The summed E-state index contributed by atoms with van der Waals surface area (Å²) in [6.45, 7) is 4.09. The quantitative estimate of drug-likeness (QED) is 0.803. The molecular formula is C19H26N4O3. The van der Waals surface area contributed by atoms with E-state index in [4.69, 9.17) is 4.74 Å². The van der Waals surface area contributed by atoms with Crippen LogP contribution in [0.2, 0.25) is 0 Å². The molecule has 0 bridgehead atoms. The molecule has 0 saturated carbocycles. The second-order valence-electron chi connectivity index (χ2n) is 7.74. The van der Waals surface area contributed by atoms with Crippen LogP contribution in [0.25, 0.3) is 0 Å². The summed E-state index contributed by atoms with van der Waals surface area (Å²) in [5.41, 5.74) is 0.366. The minimum atomic E-state index is -0.339. The van der Waals surface area contributed by atoms with Crippen molar-refractivity contribution in [2.24, 2.45) is 0 Å². The predicted octanol–water partition coefficient (Wildman–Crippen LogP) is 1.60. The molecule has 1 atom stereocenters. The Morgan fingerprint density at radius 1 is 1.19 bits per heavy atom. The summed E-state index contributed by atoms with van der Waals surface area (Å²) in [4.78, 5) is 34.5. The van der Waals surface area contributed by atoms with Gasteiger partial charge in [0.25, 0.3) is 5.91 Å². The first-order valence-electron chi connectivity index (χ1n) is 9.44. The highest BCUT2D eigenvalue weighted by Crippen LogP contribution is 2.33. The maximum atomic E-state index is 12.6. The Hall–Kier alpha value is -2.15. The molecule has 1 aromatic rings. The number of aromatic nitrogens is 1. The van der Waals surface area contributed by atoms with Crippen LogP contribution in [0.3, 0.4) is 0 Å². The van der Waals surface area contributed by atoms with Crippen molar-refractivity contribution < 1.29 is 14.3 Å². The maximum absolute atomic E-state index is 12.6. The Morgan fingerprint density at radius 3 is 2.58 bits per heavy atom. The molecule has 3 aliphatic heterocycles. The van der Waals surface area contributed by atoms with Crippen molar-refractivity contribution in [2.45, 2.75) is 37.3 Å². The van der Waals surface area contributed by atoms with Crippen LogP contribution in [0, 0.1) is 0 Å². The third kappa shape index (κ3) is 3.28. The molecule has 140 valence electrons. The molecule has 26 heavy (non-hydrogen) atoms. The van der Waals surface area contributed by atoms with E-state index in [1.165, 1.54) is 0 Å². The molecule has 3 saturated heterocycles.